The Morgan fingerprint density at radius 1 is 1.20 bits per heavy atom. The monoisotopic (exact) mass is 284 g/mol. The van der Waals surface area contributed by atoms with Gasteiger partial charge in [0.2, 0.25) is 5.91 Å². The predicted molar refractivity (Wildman–Crippen MR) is 79.3 cm³/mol. The second kappa shape index (κ2) is 7.39. The van der Waals surface area contributed by atoms with Gasteiger partial charge in [0.25, 0.3) is 0 Å². The van der Waals surface area contributed by atoms with E-state index in [1.807, 2.05) is 18.7 Å². The molecule has 0 aromatic rings. The summed E-state index contributed by atoms with van der Waals surface area (Å²) in [4.78, 5) is 16.2. The van der Waals surface area contributed by atoms with Gasteiger partial charge in [0.1, 0.15) is 6.17 Å². The van der Waals surface area contributed by atoms with Gasteiger partial charge in [-0.25, -0.2) is 4.39 Å². The van der Waals surface area contributed by atoms with Crippen molar-refractivity contribution in [3.8, 4) is 0 Å². The molecule has 0 saturated carbocycles. The third-order valence-corrected chi connectivity index (χ3v) is 4.72. The molecule has 1 unspecified atom stereocenters. The molecule has 0 aromatic heterocycles. The van der Waals surface area contributed by atoms with Crippen molar-refractivity contribution in [2.45, 2.75) is 52.1 Å². The number of carbonyl (C=O) groups excluding carboxylic acids is 1. The van der Waals surface area contributed by atoms with Crippen molar-refractivity contribution < 1.29 is 9.18 Å². The highest BCUT2D eigenvalue weighted by Gasteiger charge is 2.25. The maximum atomic E-state index is 13.3. The lowest BCUT2D eigenvalue weighted by molar-refractivity contribution is -0.135. The van der Waals surface area contributed by atoms with Crippen LogP contribution in [0, 0.1) is 11.8 Å². The van der Waals surface area contributed by atoms with Gasteiger partial charge in [0.05, 0.1) is 0 Å². The SMILES string of the molecule is CC(C)C(=O)N1CCC(CCN2CCCC(F)C2)CC1. The molecule has 20 heavy (non-hydrogen) atoms. The maximum Gasteiger partial charge on any atom is 0.225 e. The average molecular weight is 284 g/mol. The van der Waals surface area contributed by atoms with E-state index in [1.54, 1.807) is 0 Å². The second-order valence-corrected chi connectivity index (χ2v) is 6.75. The van der Waals surface area contributed by atoms with Crippen LogP contribution in [-0.2, 0) is 4.79 Å². The van der Waals surface area contributed by atoms with Gasteiger partial charge in [0, 0.05) is 25.6 Å². The topological polar surface area (TPSA) is 23.6 Å². The zero-order valence-electron chi connectivity index (χ0n) is 13.0. The Hall–Kier alpha value is -0.640. The lowest BCUT2D eigenvalue weighted by Gasteiger charge is -2.35. The minimum Gasteiger partial charge on any atom is -0.342 e. The summed E-state index contributed by atoms with van der Waals surface area (Å²) in [5.41, 5.74) is 0. The molecule has 1 amide bonds. The van der Waals surface area contributed by atoms with Crippen molar-refractivity contribution in [1.82, 2.24) is 9.80 Å². The molecule has 0 spiro atoms. The molecule has 0 radical (unpaired) electrons. The number of piperidine rings is 2. The lowest BCUT2D eigenvalue weighted by atomic mass is 9.92. The van der Waals surface area contributed by atoms with Crippen molar-refractivity contribution >= 4 is 5.91 Å². The molecule has 2 rings (SSSR count). The molecule has 116 valence electrons. The third-order valence-electron chi connectivity index (χ3n) is 4.72. The van der Waals surface area contributed by atoms with Crippen molar-refractivity contribution in [2.75, 3.05) is 32.7 Å². The molecule has 2 heterocycles. The van der Waals surface area contributed by atoms with Crippen LogP contribution in [0.4, 0.5) is 4.39 Å². The molecular weight excluding hydrogens is 255 g/mol. The molecule has 0 aliphatic carbocycles. The van der Waals surface area contributed by atoms with E-state index < -0.39 is 6.17 Å². The molecule has 1 atom stereocenters. The Balaban J connectivity index is 1.65. The van der Waals surface area contributed by atoms with E-state index in [4.69, 9.17) is 0 Å². The fourth-order valence-electron chi connectivity index (χ4n) is 3.37. The maximum absolute atomic E-state index is 13.3. The second-order valence-electron chi connectivity index (χ2n) is 6.75. The number of nitrogens with zero attached hydrogens (tertiary/aromatic N) is 2. The summed E-state index contributed by atoms with van der Waals surface area (Å²) in [6.45, 7) is 8.48. The first kappa shape index (κ1) is 15.7. The largest absolute Gasteiger partial charge is 0.342 e. The Kier molecular flexibility index (Phi) is 5.82. The molecule has 0 N–H and O–H groups in total. The fraction of sp³-hybridized carbons (Fsp3) is 0.938. The Morgan fingerprint density at radius 2 is 1.90 bits per heavy atom. The van der Waals surface area contributed by atoms with Crippen molar-refractivity contribution in [3.63, 3.8) is 0 Å². The number of carbonyl (C=O) groups is 1. The highest BCUT2D eigenvalue weighted by Crippen LogP contribution is 2.23. The molecule has 2 saturated heterocycles. The lowest BCUT2D eigenvalue weighted by Crippen LogP contribution is -2.42. The van der Waals surface area contributed by atoms with Gasteiger partial charge in [0.15, 0.2) is 0 Å². The summed E-state index contributed by atoms with van der Waals surface area (Å²) < 4.78 is 13.3. The normalized spacial score (nSPS) is 26.2. The van der Waals surface area contributed by atoms with Crippen LogP contribution in [0.1, 0.15) is 46.0 Å². The van der Waals surface area contributed by atoms with Crippen LogP contribution in [0.5, 0.6) is 0 Å². The number of likely N-dealkylation sites (tertiary alicyclic amines) is 2. The molecule has 2 fully saturated rings. The van der Waals surface area contributed by atoms with Crippen LogP contribution in [0.3, 0.4) is 0 Å². The summed E-state index contributed by atoms with van der Waals surface area (Å²) >= 11 is 0. The number of amides is 1. The van der Waals surface area contributed by atoms with Crippen molar-refractivity contribution in [2.24, 2.45) is 11.8 Å². The average Bonchev–Trinajstić information content (AvgIpc) is 2.45. The third kappa shape index (κ3) is 4.44. The van der Waals surface area contributed by atoms with Gasteiger partial charge in [-0.05, 0) is 51.1 Å². The first-order valence-electron chi connectivity index (χ1n) is 8.21. The van der Waals surface area contributed by atoms with Gasteiger partial charge in [-0.1, -0.05) is 13.8 Å². The van der Waals surface area contributed by atoms with E-state index in [9.17, 15) is 9.18 Å². The van der Waals surface area contributed by atoms with Crippen LogP contribution in [0.15, 0.2) is 0 Å². The van der Waals surface area contributed by atoms with E-state index in [-0.39, 0.29) is 5.92 Å². The Labute approximate surface area is 122 Å². The van der Waals surface area contributed by atoms with Crippen LogP contribution in [0.2, 0.25) is 0 Å². The number of halogens is 1. The van der Waals surface area contributed by atoms with Gasteiger partial charge in [-0.2, -0.15) is 0 Å². The molecule has 0 aromatic carbocycles. The highest BCUT2D eigenvalue weighted by molar-refractivity contribution is 5.78. The zero-order valence-corrected chi connectivity index (χ0v) is 13.0. The van der Waals surface area contributed by atoms with Crippen LogP contribution < -0.4 is 0 Å². The van der Waals surface area contributed by atoms with Gasteiger partial charge in [-0.3, -0.25) is 4.79 Å². The number of hydrogen-bond acceptors (Lipinski definition) is 2. The van der Waals surface area contributed by atoms with E-state index in [0.29, 0.717) is 18.4 Å². The van der Waals surface area contributed by atoms with Gasteiger partial charge in [-0.15, -0.1) is 0 Å². The zero-order chi connectivity index (χ0) is 14.5. The number of alkyl halides is 1. The van der Waals surface area contributed by atoms with Crippen LogP contribution >= 0.6 is 0 Å². The van der Waals surface area contributed by atoms with E-state index >= 15 is 0 Å². The fourth-order valence-corrected chi connectivity index (χ4v) is 3.37. The highest BCUT2D eigenvalue weighted by atomic mass is 19.1. The summed E-state index contributed by atoms with van der Waals surface area (Å²) in [6.07, 6.45) is 4.52. The molecule has 0 bridgehead atoms. The number of rotatable bonds is 4. The Morgan fingerprint density at radius 3 is 2.50 bits per heavy atom. The van der Waals surface area contributed by atoms with E-state index in [2.05, 4.69) is 4.90 Å². The summed E-state index contributed by atoms with van der Waals surface area (Å²) in [6, 6.07) is 0. The van der Waals surface area contributed by atoms with E-state index in [0.717, 1.165) is 58.3 Å². The molecular formula is C16H29FN2O. The smallest absolute Gasteiger partial charge is 0.225 e. The molecule has 4 heteroatoms. The molecule has 2 aliphatic heterocycles. The first-order valence-corrected chi connectivity index (χ1v) is 8.21. The van der Waals surface area contributed by atoms with E-state index in [1.165, 1.54) is 0 Å². The quantitative estimate of drug-likeness (QED) is 0.792. The minimum atomic E-state index is -0.616. The molecule has 2 aliphatic rings. The van der Waals surface area contributed by atoms with Crippen molar-refractivity contribution in [1.29, 1.82) is 0 Å². The standard InChI is InChI=1S/C16H29FN2O/c1-13(2)16(20)19-10-6-14(7-11-19)5-9-18-8-3-4-15(17)12-18/h13-15H,3-12H2,1-2H3. The van der Waals surface area contributed by atoms with Gasteiger partial charge >= 0.3 is 0 Å². The molecule has 3 nitrogen and oxygen atoms in total. The van der Waals surface area contributed by atoms with Crippen molar-refractivity contribution in [3.05, 3.63) is 0 Å². The first-order chi connectivity index (χ1) is 9.56. The van der Waals surface area contributed by atoms with Crippen LogP contribution in [-0.4, -0.2) is 54.6 Å². The predicted octanol–water partition coefficient (Wildman–Crippen LogP) is 2.71. The van der Waals surface area contributed by atoms with Crippen LogP contribution in [0.25, 0.3) is 0 Å². The summed E-state index contributed by atoms with van der Waals surface area (Å²) in [7, 11) is 0. The summed E-state index contributed by atoms with van der Waals surface area (Å²) in [5.74, 6) is 1.12. The Bertz CT molecular complexity index is 314. The number of hydrogen-bond donors (Lipinski definition) is 0. The summed E-state index contributed by atoms with van der Waals surface area (Å²) in [5, 5.41) is 0. The van der Waals surface area contributed by atoms with Gasteiger partial charge < -0.3 is 9.80 Å². The minimum absolute atomic E-state index is 0.112.